The Morgan fingerprint density at radius 3 is 2.40 bits per heavy atom. The molecule has 0 radical (unpaired) electrons. The lowest BCUT2D eigenvalue weighted by Crippen LogP contribution is -2.16. The molecule has 154 valence electrons. The minimum atomic E-state index is -4.59. The predicted molar refractivity (Wildman–Crippen MR) is 103 cm³/mol. The minimum absolute atomic E-state index is 0.0221. The number of alkyl halides is 3. The number of aromatic nitrogens is 1. The van der Waals surface area contributed by atoms with Crippen molar-refractivity contribution in [1.29, 1.82) is 0 Å². The van der Waals surface area contributed by atoms with E-state index in [0.717, 1.165) is 12.1 Å². The third-order valence-electron chi connectivity index (χ3n) is 3.93. The maximum Gasteiger partial charge on any atom is 0.416 e. The van der Waals surface area contributed by atoms with Gasteiger partial charge in [-0.15, -0.1) is 0 Å². The summed E-state index contributed by atoms with van der Waals surface area (Å²) in [6, 6.07) is 10.5. The van der Waals surface area contributed by atoms with Crippen LogP contribution in [0.2, 0.25) is 5.02 Å². The number of benzene rings is 2. The summed E-state index contributed by atoms with van der Waals surface area (Å²) >= 11 is 6.01. The normalized spacial score (nSPS) is 11.1. The third kappa shape index (κ3) is 4.93. The molecule has 0 bridgehead atoms. The quantitative estimate of drug-likeness (QED) is 0.424. The second kappa shape index (κ2) is 8.50. The number of nitrogens with zero attached hydrogens (tertiary/aromatic N) is 1. The lowest BCUT2D eigenvalue weighted by molar-refractivity contribution is -0.137. The van der Waals surface area contributed by atoms with Crippen LogP contribution in [0.25, 0.3) is 0 Å². The van der Waals surface area contributed by atoms with E-state index in [1.165, 1.54) is 42.6 Å². The van der Waals surface area contributed by atoms with Gasteiger partial charge in [-0.3, -0.25) is 9.59 Å². The van der Waals surface area contributed by atoms with Gasteiger partial charge >= 0.3 is 6.18 Å². The van der Waals surface area contributed by atoms with E-state index >= 15 is 0 Å². The van der Waals surface area contributed by atoms with Gasteiger partial charge in [0, 0.05) is 17.4 Å². The van der Waals surface area contributed by atoms with Crippen molar-refractivity contribution in [3.8, 4) is 0 Å². The fourth-order valence-electron chi connectivity index (χ4n) is 2.49. The zero-order chi connectivity index (χ0) is 21.9. The second-order valence-electron chi connectivity index (χ2n) is 6.02. The van der Waals surface area contributed by atoms with Crippen molar-refractivity contribution in [2.45, 2.75) is 6.18 Å². The van der Waals surface area contributed by atoms with Crippen LogP contribution in [0, 0.1) is 5.95 Å². The maximum atomic E-state index is 13.6. The molecule has 0 saturated carbocycles. The van der Waals surface area contributed by atoms with Gasteiger partial charge in [0.2, 0.25) is 5.95 Å². The highest BCUT2D eigenvalue weighted by Crippen LogP contribution is 2.30. The Labute approximate surface area is 172 Å². The van der Waals surface area contributed by atoms with E-state index in [0.29, 0.717) is 6.07 Å². The molecule has 0 atom stereocenters. The Bertz CT molecular complexity index is 1120. The molecule has 5 nitrogen and oxygen atoms in total. The first-order valence-electron chi connectivity index (χ1n) is 8.35. The molecule has 0 spiro atoms. The largest absolute Gasteiger partial charge is 0.416 e. The number of pyridine rings is 1. The number of hydrogen-bond donors (Lipinski definition) is 2. The molecule has 2 N–H and O–H groups in total. The Balaban J connectivity index is 1.81. The SMILES string of the molecule is O=C(Nc1ccc(Cl)c(C(=O)Nc2cccnc2F)c1)c1cccc(C(F)(F)F)c1. The molecule has 3 rings (SSSR count). The maximum absolute atomic E-state index is 13.6. The van der Waals surface area contributed by atoms with Crippen molar-refractivity contribution < 1.29 is 27.2 Å². The van der Waals surface area contributed by atoms with Crippen molar-refractivity contribution >= 4 is 34.8 Å². The molecule has 0 saturated heterocycles. The summed E-state index contributed by atoms with van der Waals surface area (Å²) in [7, 11) is 0. The molecule has 30 heavy (non-hydrogen) atoms. The van der Waals surface area contributed by atoms with Crippen molar-refractivity contribution in [3.63, 3.8) is 0 Å². The summed E-state index contributed by atoms with van der Waals surface area (Å²) in [5.41, 5.74) is -1.33. The van der Waals surface area contributed by atoms with Crippen molar-refractivity contribution in [2.24, 2.45) is 0 Å². The molecule has 3 aromatic rings. The van der Waals surface area contributed by atoms with E-state index in [1.54, 1.807) is 0 Å². The van der Waals surface area contributed by atoms with Gasteiger partial charge in [-0.1, -0.05) is 17.7 Å². The lowest BCUT2D eigenvalue weighted by Gasteiger charge is -2.11. The van der Waals surface area contributed by atoms with Gasteiger partial charge in [0.1, 0.15) is 0 Å². The highest BCUT2D eigenvalue weighted by molar-refractivity contribution is 6.34. The molecule has 0 fully saturated rings. The number of nitrogens with one attached hydrogen (secondary N) is 2. The van der Waals surface area contributed by atoms with Gasteiger partial charge < -0.3 is 10.6 Å². The van der Waals surface area contributed by atoms with Crippen LogP contribution in [0.1, 0.15) is 26.3 Å². The average Bonchev–Trinajstić information content (AvgIpc) is 2.70. The topological polar surface area (TPSA) is 71.1 Å². The smallest absolute Gasteiger partial charge is 0.322 e. The number of carbonyl (C=O) groups is 2. The first-order chi connectivity index (χ1) is 14.1. The van der Waals surface area contributed by atoms with Crippen LogP contribution >= 0.6 is 11.6 Å². The number of amides is 2. The Hall–Kier alpha value is -3.46. The zero-order valence-corrected chi connectivity index (χ0v) is 15.7. The lowest BCUT2D eigenvalue weighted by atomic mass is 10.1. The number of anilines is 2. The van der Waals surface area contributed by atoms with Crippen molar-refractivity contribution in [2.75, 3.05) is 10.6 Å². The number of hydrogen-bond acceptors (Lipinski definition) is 3. The van der Waals surface area contributed by atoms with Crippen LogP contribution in [-0.2, 0) is 6.18 Å². The van der Waals surface area contributed by atoms with Gasteiger partial charge in [-0.2, -0.15) is 17.6 Å². The first kappa shape index (κ1) is 21.3. The summed E-state index contributed by atoms with van der Waals surface area (Å²) in [5, 5.41) is 4.73. The Kier molecular flexibility index (Phi) is 6.02. The standard InChI is InChI=1S/C20H12ClF4N3O2/c21-15-7-6-13(10-14(15)19(30)28-16-5-2-8-26-17(16)22)27-18(29)11-3-1-4-12(9-11)20(23,24)25/h1-10H,(H,27,29)(H,28,30). The van der Waals surface area contributed by atoms with Gasteiger partial charge in [-0.05, 0) is 48.5 Å². The summed E-state index contributed by atoms with van der Waals surface area (Å²) in [5.74, 6) is -2.47. The first-order valence-corrected chi connectivity index (χ1v) is 8.73. The fraction of sp³-hybridized carbons (Fsp3) is 0.0500. The summed E-state index contributed by atoms with van der Waals surface area (Å²) in [4.78, 5) is 28.2. The Morgan fingerprint density at radius 2 is 1.70 bits per heavy atom. The van der Waals surface area contributed by atoms with Gasteiger partial charge in [0.25, 0.3) is 11.8 Å². The zero-order valence-electron chi connectivity index (χ0n) is 14.9. The highest BCUT2D eigenvalue weighted by Gasteiger charge is 2.30. The molecular formula is C20H12ClF4N3O2. The molecule has 0 aliphatic rings. The second-order valence-corrected chi connectivity index (χ2v) is 6.43. The van der Waals surface area contributed by atoms with E-state index in [-0.39, 0.29) is 27.5 Å². The van der Waals surface area contributed by atoms with Crippen LogP contribution in [-0.4, -0.2) is 16.8 Å². The van der Waals surface area contributed by atoms with Gasteiger partial charge in [0.05, 0.1) is 21.8 Å². The average molecular weight is 438 g/mol. The van der Waals surface area contributed by atoms with E-state index in [9.17, 15) is 27.2 Å². The molecule has 2 amide bonds. The monoisotopic (exact) mass is 437 g/mol. The molecule has 10 heteroatoms. The van der Waals surface area contributed by atoms with Gasteiger partial charge in [0.15, 0.2) is 0 Å². The van der Waals surface area contributed by atoms with E-state index in [2.05, 4.69) is 15.6 Å². The van der Waals surface area contributed by atoms with Crippen LogP contribution in [0.3, 0.4) is 0 Å². The predicted octanol–water partition coefficient (Wildman–Crippen LogP) is 5.40. The minimum Gasteiger partial charge on any atom is -0.322 e. The molecule has 2 aromatic carbocycles. The van der Waals surface area contributed by atoms with E-state index in [1.807, 2.05) is 0 Å². The van der Waals surface area contributed by atoms with Crippen LogP contribution in [0.4, 0.5) is 28.9 Å². The van der Waals surface area contributed by atoms with Crippen molar-refractivity contribution in [1.82, 2.24) is 4.98 Å². The van der Waals surface area contributed by atoms with Crippen molar-refractivity contribution in [3.05, 3.63) is 88.5 Å². The summed E-state index contributed by atoms with van der Waals surface area (Å²) in [6.45, 7) is 0. The molecular weight excluding hydrogens is 426 g/mol. The molecule has 0 aliphatic heterocycles. The highest BCUT2D eigenvalue weighted by atomic mass is 35.5. The summed E-state index contributed by atoms with van der Waals surface area (Å²) in [6.07, 6.45) is -3.38. The van der Waals surface area contributed by atoms with E-state index in [4.69, 9.17) is 11.6 Å². The number of halogens is 5. The van der Waals surface area contributed by atoms with Gasteiger partial charge in [-0.25, -0.2) is 4.98 Å². The fourth-order valence-corrected chi connectivity index (χ4v) is 2.69. The van der Waals surface area contributed by atoms with Crippen LogP contribution in [0.15, 0.2) is 60.8 Å². The third-order valence-corrected chi connectivity index (χ3v) is 4.26. The Morgan fingerprint density at radius 1 is 0.933 bits per heavy atom. The number of rotatable bonds is 4. The van der Waals surface area contributed by atoms with Crippen LogP contribution in [0.5, 0.6) is 0 Å². The molecule has 1 heterocycles. The molecule has 1 aromatic heterocycles. The summed E-state index contributed by atoms with van der Waals surface area (Å²) < 4.78 is 52.1. The molecule has 0 aliphatic carbocycles. The number of carbonyl (C=O) groups excluding carboxylic acids is 2. The molecule has 0 unspecified atom stereocenters. The van der Waals surface area contributed by atoms with Crippen LogP contribution < -0.4 is 10.6 Å². The van der Waals surface area contributed by atoms with E-state index < -0.39 is 29.5 Å².